The zero-order chi connectivity index (χ0) is 15.6. The molecule has 0 aliphatic carbocycles. The van der Waals surface area contributed by atoms with Crippen LogP contribution in [0.15, 0.2) is 21.3 Å². The molecular weight excluding hydrogens is 290 g/mol. The van der Waals surface area contributed by atoms with E-state index >= 15 is 0 Å². The van der Waals surface area contributed by atoms with Crippen LogP contribution < -0.4 is 10.4 Å². The Kier molecular flexibility index (Phi) is 4.18. The van der Waals surface area contributed by atoms with E-state index in [0.717, 1.165) is 12.1 Å². The van der Waals surface area contributed by atoms with Crippen LogP contribution in [0.3, 0.4) is 0 Å². The van der Waals surface area contributed by atoms with Crippen LogP contribution >= 0.6 is 0 Å². The predicted molar refractivity (Wildman–Crippen MR) is 66.7 cm³/mol. The highest BCUT2D eigenvalue weighted by Crippen LogP contribution is 2.29. The van der Waals surface area contributed by atoms with Crippen molar-refractivity contribution in [2.24, 2.45) is 0 Å². The van der Waals surface area contributed by atoms with Crippen LogP contribution in [0, 0.1) is 11.6 Å². The third kappa shape index (κ3) is 2.84. The smallest absolute Gasteiger partial charge is 0.351 e. The van der Waals surface area contributed by atoms with Crippen LogP contribution in [-0.2, 0) is 4.74 Å². The van der Waals surface area contributed by atoms with Crippen molar-refractivity contribution in [3.8, 4) is 5.75 Å². The number of benzene rings is 1. The van der Waals surface area contributed by atoms with Gasteiger partial charge in [-0.05, 0) is 12.1 Å². The zero-order valence-corrected chi connectivity index (χ0v) is 10.8. The topological polar surface area (TPSA) is 86.0 Å². The van der Waals surface area contributed by atoms with Crippen LogP contribution in [0.5, 0.6) is 5.75 Å². The van der Waals surface area contributed by atoms with Crippen LogP contribution in [0.1, 0.15) is 10.4 Å². The Bertz CT molecular complexity index is 752. The van der Waals surface area contributed by atoms with E-state index in [1.54, 1.807) is 0 Å². The Balaban J connectivity index is 2.58. The molecule has 112 valence electrons. The normalized spacial score (nSPS) is 10.8. The number of carboxylic acids is 1. The summed E-state index contributed by atoms with van der Waals surface area (Å²) >= 11 is 0. The molecule has 0 aliphatic heterocycles. The maximum Gasteiger partial charge on any atom is 0.351 e. The first-order valence-electron chi connectivity index (χ1n) is 5.76. The molecule has 0 saturated heterocycles. The molecule has 1 aromatic heterocycles. The van der Waals surface area contributed by atoms with E-state index in [1.165, 1.54) is 7.11 Å². The maximum absolute atomic E-state index is 14.1. The number of ether oxygens (including phenoxy) is 2. The average Bonchev–Trinajstić information content (AvgIpc) is 2.43. The third-order valence-electron chi connectivity index (χ3n) is 2.64. The van der Waals surface area contributed by atoms with Gasteiger partial charge in [0.25, 0.3) is 0 Å². The average molecular weight is 300 g/mol. The van der Waals surface area contributed by atoms with Crippen LogP contribution in [0.4, 0.5) is 8.78 Å². The lowest BCUT2D eigenvalue weighted by Gasteiger charge is -2.09. The summed E-state index contributed by atoms with van der Waals surface area (Å²) < 4.78 is 42.0. The quantitative estimate of drug-likeness (QED) is 0.669. The van der Waals surface area contributed by atoms with E-state index in [2.05, 4.69) is 9.15 Å². The number of fused-ring (bicyclic) bond motifs is 1. The molecule has 0 bridgehead atoms. The molecule has 0 fully saturated rings. The Morgan fingerprint density at radius 2 is 2.05 bits per heavy atom. The van der Waals surface area contributed by atoms with Gasteiger partial charge >= 0.3 is 11.6 Å². The van der Waals surface area contributed by atoms with Gasteiger partial charge in [0.1, 0.15) is 12.2 Å². The van der Waals surface area contributed by atoms with Gasteiger partial charge in [-0.15, -0.1) is 0 Å². The zero-order valence-electron chi connectivity index (χ0n) is 10.8. The first kappa shape index (κ1) is 14.9. The minimum Gasteiger partial charge on any atom is -0.485 e. The fourth-order valence-corrected chi connectivity index (χ4v) is 1.68. The van der Waals surface area contributed by atoms with Crippen molar-refractivity contribution in [1.29, 1.82) is 0 Å². The summed E-state index contributed by atoms with van der Waals surface area (Å²) in [5, 5.41) is 8.58. The first-order chi connectivity index (χ1) is 9.95. The number of carbonyl (C=O) groups is 1. The molecule has 8 heteroatoms. The molecule has 2 aromatic rings. The van der Waals surface area contributed by atoms with Gasteiger partial charge in [0.05, 0.1) is 6.61 Å². The minimum atomic E-state index is -1.55. The molecule has 0 aliphatic rings. The molecule has 2 rings (SSSR count). The predicted octanol–water partition coefficient (Wildman–Crippen LogP) is 1.79. The molecule has 6 nitrogen and oxygen atoms in total. The highest BCUT2D eigenvalue weighted by molar-refractivity contribution is 5.91. The molecule has 0 saturated carbocycles. The summed E-state index contributed by atoms with van der Waals surface area (Å²) in [4.78, 5) is 22.2. The maximum atomic E-state index is 14.1. The van der Waals surface area contributed by atoms with Crippen LogP contribution in [-0.4, -0.2) is 31.4 Å². The molecule has 0 radical (unpaired) electrons. The SMILES string of the molecule is COCCOc1c(F)cc2cc(C(=O)O)c(=O)oc2c1F. The Labute approximate surface area is 116 Å². The summed E-state index contributed by atoms with van der Waals surface area (Å²) in [6, 6.07) is 1.67. The number of hydrogen-bond donors (Lipinski definition) is 1. The van der Waals surface area contributed by atoms with Gasteiger partial charge in [-0.3, -0.25) is 0 Å². The number of methoxy groups -OCH3 is 1. The number of aromatic carboxylic acids is 1. The molecule has 1 N–H and O–H groups in total. The minimum absolute atomic E-state index is 0.104. The van der Waals surface area contributed by atoms with Crippen molar-refractivity contribution in [2.45, 2.75) is 0 Å². The second-order valence-corrected chi connectivity index (χ2v) is 4.01. The van der Waals surface area contributed by atoms with Gasteiger partial charge in [-0.1, -0.05) is 0 Å². The van der Waals surface area contributed by atoms with Gasteiger partial charge in [-0.2, -0.15) is 4.39 Å². The van der Waals surface area contributed by atoms with Gasteiger partial charge in [0.2, 0.25) is 5.82 Å². The van der Waals surface area contributed by atoms with E-state index in [-0.39, 0.29) is 18.6 Å². The molecular formula is C13H10F2O6. The van der Waals surface area contributed by atoms with E-state index in [0.29, 0.717) is 0 Å². The molecule has 0 amide bonds. The molecule has 0 atom stereocenters. The van der Waals surface area contributed by atoms with Crippen molar-refractivity contribution in [1.82, 2.24) is 0 Å². The lowest BCUT2D eigenvalue weighted by atomic mass is 10.1. The highest BCUT2D eigenvalue weighted by Gasteiger charge is 2.20. The summed E-state index contributed by atoms with van der Waals surface area (Å²) in [5.74, 6) is -4.52. The van der Waals surface area contributed by atoms with Crippen LogP contribution in [0.2, 0.25) is 0 Å². The largest absolute Gasteiger partial charge is 0.485 e. The van der Waals surface area contributed by atoms with E-state index in [4.69, 9.17) is 9.84 Å². The number of hydrogen-bond acceptors (Lipinski definition) is 5. The lowest BCUT2D eigenvalue weighted by Crippen LogP contribution is -2.14. The van der Waals surface area contributed by atoms with Gasteiger partial charge in [0.15, 0.2) is 17.1 Å². The summed E-state index contributed by atoms with van der Waals surface area (Å²) in [7, 11) is 1.39. The first-order valence-corrected chi connectivity index (χ1v) is 5.76. The Morgan fingerprint density at radius 3 is 2.67 bits per heavy atom. The monoisotopic (exact) mass is 300 g/mol. The summed E-state index contributed by atoms with van der Waals surface area (Å²) in [5.41, 5.74) is -2.52. The molecule has 1 heterocycles. The van der Waals surface area contributed by atoms with Crippen molar-refractivity contribution >= 4 is 16.9 Å². The molecule has 21 heavy (non-hydrogen) atoms. The van der Waals surface area contributed by atoms with Crippen molar-refractivity contribution in [3.05, 3.63) is 39.8 Å². The van der Waals surface area contributed by atoms with E-state index in [1.807, 2.05) is 0 Å². The van der Waals surface area contributed by atoms with Crippen molar-refractivity contribution in [2.75, 3.05) is 20.3 Å². The van der Waals surface area contributed by atoms with Gasteiger partial charge < -0.3 is 19.0 Å². The summed E-state index contributed by atoms with van der Waals surface area (Å²) in [6.07, 6.45) is 0. The van der Waals surface area contributed by atoms with Gasteiger partial charge in [-0.25, -0.2) is 14.0 Å². The fraction of sp³-hybridized carbons (Fsp3) is 0.231. The van der Waals surface area contributed by atoms with Crippen molar-refractivity contribution in [3.63, 3.8) is 0 Å². The van der Waals surface area contributed by atoms with Gasteiger partial charge in [0, 0.05) is 12.5 Å². The lowest BCUT2D eigenvalue weighted by molar-refractivity contribution is 0.0692. The molecule has 1 aromatic carbocycles. The second kappa shape index (κ2) is 5.88. The number of halogens is 2. The highest BCUT2D eigenvalue weighted by atomic mass is 19.1. The standard InChI is InChI=1S/C13H10F2O6/c1-19-2-3-20-11-8(14)5-6-4-7(12(16)17)13(18)21-10(6)9(11)15/h4-5H,2-3H2,1H3,(H,16,17). The third-order valence-corrected chi connectivity index (χ3v) is 2.64. The second-order valence-electron chi connectivity index (χ2n) is 4.01. The molecule has 0 unspecified atom stereocenters. The Morgan fingerprint density at radius 1 is 1.33 bits per heavy atom. The summed E-state index contributed by atoms with van der Waals surface area (Å²) in [6.45, 7) is 0.00606. The van der Waals surface area contributed by atoms with E-state index < -0.39 is 40.1 Å². The fourth-order valence-electron chi connectivity index (χ4n) is 1.68. The Hall–Kier alpha value is -2.48. The molecule has 0 spiro atoms. The number of rotatable bonds is 5. The van der Waals surface area contributed by atoms with Crippen LogP contribution in [0.25, 0.3) is 11.0 Å². The number of carboxylic acid groups (broad SMARTS) is 1. The van der Waals surface area contributed by atoms with E-state index in [9.17, 15) is 18.4 Å². The van der Waals surface area contributed by atoms with Crippen molar-refractivity contribution < 1.29 is 32.6 Å².